The predicted molar refractivity (Wildman–Crippen MR) is 85.4 cm³/mol. The van der Waals surface area contributed by atoms with Crippen molar-refractivity contribution in [2.24, 2.45) is 0 Å². The van der Waals surface area contributed by atoms with Gasteiger partial charge in [0, 0.05) is 4.90 Å². The first kappa shape index (κ1) is 16.3. The number of furan rings is 1. The summed E-state index contributed by atoms with van der Waals surface area (Å²) < 4.78 is 15.6. The van der Waals surface area contributed by atoms with Crippen molar-refractivity contribution in [1.82, 2.24) is 5.32 Å². The Hall–Kier alpha value is -2.08. The lowest BCUT2D eigenvalue weighted by Crippen LogP contribution is -2.30. The predicted octanol–water partition coefficient (Wildman–Crippen LogP) is 3.09. The third kappa shape index (κ3) is 4.21. The van der Waals surface area contributed by atoms with E-state index in [9.17, 15) is 4.79 Å². The van der Waals surface area contributed by atoms with Gasteiger partial charge >= 0.3 is 0 Å². The SMILES string of the molecule is COc1ccc(S[C@H](C)C(=O)NCc2ccco2)cc1OC. The molecule has 22 heavy (non-hydrogen) atoms. The monoisotopic (exact) mass is 321 g/mol. The molecular formula is C16H19NO4S. The first-order valence-electron chi connectivity index (χ1n) is 6.83. The Balaban J connectivity index is 1.93. The van der Waals surface area contributed by atoms with E-state index in [4.69, 9.17) is 13.9 Å². The molecule has 1 aromatic heterocycles. The van der Waals surface area contributed by atoms with Gasteiger partial charge in [-0.2, -0.15) is 0 Å². The third-order valence-electron chi connectivity index (χ3n) is 3.05. The Labute approximate surface area is 134 Å². The van der Waals surface area contributed by atoms with Crippen molar-refractivity contribution >= 4 is 17.7 Å². The van der Waals surface area contributed by atoms with Crippen LogP contribution < -0.4 is 14.8 Å². The summed E-state index contributed by atoms with van der Waals surface area (Å²) in [6.45, 7) is 2.25. The topological polar surface area (TPSA) is 60.7 Å². The quantitative estimate of drug-likeness (QED) is 0.794. The fourth-order valence-electron chi connectivity index (χ4n) is 1.88. The zero-order valence-electron chi connectivity index (χ0n) is 12.8. The molecule has 1 heterocycles. The standard InChI is InChI=1S/C16H19NO4S/c1-11(16(18)17-10-12-5-4-8-21-12)22-13-6-7-14(19-2)15(9-13)20-3/h4-9,11H,10H2,1-3H3,(H,17,18)/t11-/m1/s1. The fraction of sp³-hybridized carbons (Fsp3) is 0.312. The maximum Gasteiger partial charge on any atom is 0.233 e. The molecule has 1 amide bonds. The van der Waals surface area contributed by atoms with Crippen molar-refractivity contribution in [3.05, 3.63) is 42.4 Å². The number of carbonyl (C=O) groups excluding carboxylic acids is 1. The summed E-state index contributed by atoms with van der Waals surface area (Å²) in [5.41, 5.74) is 0. The number of nitrogens with one attached hydrogen (secondary N) is 1. The minimum atomic E-state index is -0.229. The van der Waals surface area contributed by atoms with Crippen LogP contribution in [0.3, 0.4) is 0 Å². The molecule has 1 N–H and O–H groups in total. The number of benzene rings is 1. The molecule has 6 heteroatoms. The van der Waals surface area contributed by atoms with Crippen LogP contribution in [0.15, 0.2) is 45.9 Å². The molecule has 0 aliphatic heterocycles. The lowest BCUT2D eigenvalue weighted by Gasteiger charge is -2.13. The van der Waals surface area contributed by atoms with Crippen molar-refractivity contribution < 1.29 is 18.7 Å². The molecule has 2 aromatic rings. The van der Waals surface area contributed by atoms with Gasteiger partial charge < -0.3 is 19.2 Å². The summed E-state index contributed by atoms with van der Waals surface area (Å²) in [5.74, 6) is 2.00. The second kappa shape index (κ2) is 7.79. The highest BCUT2D eigenvalue weighted by molar-refractivity contribution is 8.00. The molecule has 0 spiro atoms. The largest absolute Gasteiger partial charge is 0.493 e. The Bertz CT molecular complexity index is 613. The maximum atomic E-state index is 12.1. The number of amides is 1. The van der Waals surface area contributed by atoms with Gasteiger partial charge in [-0.15, -0.1) is 11.8 Å². The number of methoxy groups -OCH3 is 2. The molecular weight excluding hydrogens is 302 g/mol. The van der Waals surface area contributed by atoms with Crippen LogP contribution in [0.1, 0.15) is 12.7 Å². The van der Waals surface area contributed by atoms with E-state index in [1.165, 1.54) is 11.8 Å². The molecule has 1 aromatic carbocycles. The van der Waals surface area contributed by atoms with Crippen molar-refractivity contribution in [2.45, 2.75) is 23.6 Å². The number of ether oxygens (including phenoxy) is 2. The van der Waals surface area contributed by atoms with Crippen LogP contribution in [0.2, 0.25) is 0 Å². The Morgan fingerprint density at radius 1 is 1.27 bits per heavy atom. The number of hydrogen-bond donors (Lipinski definition) is 1. The van der Waals surface area contributed by atoms with E-state index in [0.717, 1.165) is 10.7 Å². The van der Waals surface area contributed by atoms with Crippen LogP contribution in [-0.4, -0.2) is 25.4 Å². The average Bonchev–Trinajstić information content (AvgIpc) is 3.05. The summed E-state index contributed by atoms with van der Waals surface area (Å²) >= 11 is 1.46. The van der Waals surface area contributed by atoms with E-state index in [0.29, 0.717) is 18.0 Å². The second-order valence-corrected chi connectivity index (χ2v) is 5.99. The van der Waals surface area contributed by atoms with Crippen LogP contribution in [0.5, 0.6) is 11.5 Å². The molecule has 2 rings (SSSR count). The molecule has 0 saturated heterocycles. The third-order valence-corrected chi connectivity index (χ3v) is 4.15. The highest BCUT2D eigenvalue weighted by Gasteiger charge is 2.15. The number of thioether (sulfide) groups is 1. The maximum absolute atomic E-state index is 12.1. The second-order valence-electron chi connectivity index (χ2n) is 4.57. The number of hydrogen-bond acceptors (Lipinski definition) is 5. The smallest absolute Gasteiger partial charge is 0.233 e. The van der Waals surface area contributed by atoms with E-state index in [1.54, 1.807) is 26.5 Å². The Morgan fingerprint density at radius 3 is 2.68 bits per heavy atom. The molecule has 1 atom stereocenters. The summed E-state index contributed by atoms with van der Waals surface area (Å²) in [4.78, 5) is 13.0. The number of rotatable bonds is 7. The Morgan fingerprint density at radius 2 is 2.05 bits per heavy atom. The molecule has 0 aliphatic rings. The molecule has 0 aliphatic carbocycles. The minimum Gasteiger partial charge on any atom is -0.493 e. The van der Waals surface area contributed by atoms with Gasteiger partial charge in [-0.25, -0.2) is 0 Å². The summed E-state index contributed by atoms with van der Waals surface area (Å²) in [6, 6.07) is 9.21. The molecule has 118 valence electrons. The van der Waals surface area contributed by atoms with Crippen molar-refractivity contribution in [3.8, 4) is 11.5 Å². The van der Waals surface area contributed by atoms with Gasteiger partial charge in [-0.05, 0) is 37.3 Å². The molecule has 0 fully saturated rings. The van der Waals surface area contributed by atoms with Gasteiger partial charge in [0.05, 0.1) is 32.3 Å². The molecule has 0 radical (unpaired) electrons. The van der Waals surface area contributed by atoms with Gasteiger partial charge in [0.2, 0.25) is 5.91 Å². The lowest BCUT2D eigenvalue weighted by molar-refractivity contribution is -0.120. The van der Waals surface area contributed by atoms with Crippen LogP contribution in [0.25, 0.3) is 0 Å². The van der Waals surface area contributed by atoms with Gasteiger partial charge in [0.1, 0.15) is 5.76 Å². The minimum absolute atomic E-state index is 0.0452. The van der Waals surface area contributed by atoms with E-state index < -0.39 is 0 Å². The molecule has 0 unspecified atom stereocenters. The van der Waals surface area contributed by atoms with Crippen molar-refractivity contribution in [1.29, 1.82) is 0 Å². The zero-order valence-corrected chi connectivity index (χ0v) is 13.6. The summed E-state index contributed by atoms with van der Waals surface area (Å²) in [6.07, 6.45) is 1.59. The van der Waals surface area contributed by atoms with Crippen LogP contribution in [0.4, 0.5) is 0 Å². The highest BCUT2D eigenvalue weighted by Crippen LogP contribution is 2.33. The summed E-state index contributed by atoms with van der Waals surface area (Å²) in [5, 5.41) is 2.62. The highest BCUT2D eigenvalue weighted by atomic mass is 32.2. The van der Waals surface area contributed by atoms with Gasteiger partial charge in [-0.1, -0.05) is 0 Å². The molecule has 0 saturated carbocycles. The van der Waals surface area contributed by atoms with E-state index >= 15 is 0 Å². The summed E-state index contributed by atoms with van der Waals surface area (Å²) in [7, 11) is 3.18. The first-order valence-corrected chi connectivity index (χ1v) is 7.70. The zero-order chi connectivity index (χ0) is 15.9. The van der Waals surface area contributed by atoms with Crippen molar-refractivity contribution in [2.75, 3.05) is 14.2 Å². The lowest BCUT2D eigenvalue weighted by atomic mass is 10.3. The van der Waals surface area contributed by atoms with Gasteiger partial charge in [-0.3, -0.25) is 4.79 Å². The fourth-order valence-corrected chi connectivity index (χ4v) is 2.80. The van der Waals surface area contributed by atoms with Crippen LogP contribution in [0, 0.1) is 0 Å². The average molecular weight is 321 g/mol. The van der Waals surface area contributed by atoms with E-state index in [-0.39, 0.29) is 11.2 Å². The van der Waals surface area contributed by atoms with Crippen LogP contribution in [-0.2, 0) is 11.3 Å². The Kier molecular flexibility index (Phi) is 5.77. The van der Waals surface area contributed by atoms with Gasteiger partial charge in [0.25, 0.3) is 0 Å². The molecule has 5 nitrogen and oxygen atoms in total. The van der Waals surface area contributed by atoms with E-state index in [1.807, 2.05) is 31.2 Å². The van der Waals surface area contributed by atoms with Gasteiger partial charge in [0.15, 0.2) is 11.5 Å². The normalized spacial score (nSPS) is 11.8. The molecule has 0 bridgehead atoms. The first-order chi connectivity index (χ1) is 10.6. The number of carbonyl (C=O) groups is 1. The van der Waals surface area contributed by atoms with Crippen molar-refractivity contribution in [3.63, 3.8) is 0 Å². The van der Waals surface area contributed by atoms with Crippen LogP contribution >= 0.6 is 11.8 Å². The van der Waals surface area contributed by atoms with E-state index in [2.05, 4.69) is 5.32 Å².